The SMILES string of the molecule is CC(=O)O[Si](OC(C)=O)(OC(C)=O)C(C)=O. The van der Waals surface area contributed by atoms with Crippen molar-refractivity contribution in [1.29, 1.82) is 0 Å². The summed E-state index contributed by atoms with van der Waals surface area (Å²) in [6.45, 7) is 4.05. The molecule has 0 spiro atoms. The number of hydrogen-bond acceptors (Lipinski definition) is 7. The van der Waals surface area contributed by atoms with Crippen molar-refractivity contribution in [2.45, 2.75) is 27.7 Å². The molecule has 0 aromatic carbocycles. The fourth-order valence-electron chi connectivity index (χ4n) is 0.846. The Morgan fingerprint density at radius 1 is 0.688 bits per heavy atom. The van der Waals surface area contributed by atoms with Gasteiger partial charge in [0.15, 0.2) is 0 Å². The molecule has 0 rings (SSSR count). The molecule has 0 bridgehead atoms. The molecule has 90 valence electrons. The van der Waals surface area contributed by atoms with Crippen LogP contribution >= 0.6 is 0 Å². The standard InChI is InChI=1S/C8H12O7Si/c1-5(9)13-16(8(4)12,14-6(2)10)15-7(3)11/h1-4H3. The molecular formula is C8H12O7Si. The van der Waals surface area contributed by atoms with Crippen LogP contribution in [0.4, 0.5) is 0 Å². The Kier molecular flexibility index (Phi) is 4.82. The van der Waals surface area contributed by atoms with Crippen molar-refractivity contribution < 1.29 is 32.5 Å². The first-order valence-electron chi connectivity index (χ1n) is 4.29. The Hall–Kier alpha value is -1.70. The summed E-state index contributed by atoms with van der Waals surface area (Å²) in [5, 5.41) is -0.798. The van der Waals surface area contributed by atoms with Crippen molar-refractivity contribution in [3.63, 3.8) is 0 Å². The van der Waals surface area contributed by atoms with Gasteiger partial charge in [0.25, 0.3) is 17.9 Å². The monoisotopic (exact) mass is 248 g/mol. The minimum Gasteiger partial charge on any atom is -0.450 e. The van der Waals surface area contributed by atoms with Crippen LogP contribution in [0.25, 0.3) is 0 Å². The minimum absolute atomic E-state index is 0.798. The van der Waals surface area contributed by atoms with Crippen LogP contribution in [0.2, 0.25) is 0 Å². The number of hydrogen-bond donors (Lipinski definition) is 0. The third-order valence-electron chi connectivity index (χ3n) is 1.27. The first-order chi connectivity index (χ1) is 7.19. The molecule has 0 unspecified atom stereocenters. The molecule has 0 aliphatic rings. The Morgan fingerprint density at radius 3 is 1.06 bits per heavy atom. The summed E-state index contributed by atoms with van der Waals surface area (Å²) in [6, 6.07) is 0. The van der Waals surface area contributed by atoms with Crippen molar-refractivity contribution in [3.05, 3.63) is 0 Å². The number of carbonyl (C=O) groups is 4. The molecule has 0 aromatic rings. The largest absolute Gasteiger partial charge is 0.780 e. The van der Waals surface area contributed by atoms with Gasteiger partial charge in [-0.2, -0.15) is 0 Å². The second kappa shape index (κ2) is 5.40. The van der Waals surface area contributed by atoms with Gasteiger partial charge in [-0.1, -0.05) is 0 Å². The maximum Gasteiger partial charge on any atom is 0.780 e. The van der Waals surface area contributed by atoms with Crippen molar-refractivity contribution in [1.82, 2.24) is 0 Å². The van der Waals surface area contributed by atoms with E-state index in [1.165, 1.54) is 0 Å². The van der Waals surface area contributed by atoms with Crippen LogP contribution in [0.3, 0.4) is 0 Å². The van der Waals surface area contributed by atoms with E-state index >= 15 is 0 Å². The first-order valence-corrected chi connectivity index (χ1v) is 6.02. The molecule has 8 heteroatoms. The molecule has 0 N–H and O–H groups in total. The van der Waals surface area contributed by atoms with E-state index < -0.39 is 32.1 Å². The Balaban J connectivity index is 5.19. The third kappa shape index (κ3) is 4.21. The van der Waals surface area contributed by atoms with E-state index in [-0.39, 0.29) is 0 Å². The summed E-state index contributed by atoms with van der Waals surface area (Å²) in [7, 11) is -4.25. The number of rotatable bonds is 4. The maximum atomic E-state index is 11.3. The van der Waals surface area contributed by atoms with Crippen LogP contribution in [0.5, 0.6) is 0 Å². The van der Waals surface area contributed by atoms with Gasteiger partial charge in [-0.15, -0.1) is 0 Å². The van der Waals surface area contributed by atoms with Gasteiger partial charge < -0.3 is 13.3 Å². The van der Waals surface area contributed by atoms with E-state index in [4.69, 9.17) is 0 Å². The Morgan fingerprint density at radius 2 is 0.938 bits per heavy atom. The van der Waals surface area contributed by atoms with Gasteiger partial charge in [-0.05, 0) is 0 Å². The van der Waals surface area contributed by atoms with Crippen molar-refractivity contribution in [3.8, 4) is 0 Å². The van der Waals surface area contributed by atoms with E-state index in [1.807, 2.05) is 0 Å². The summed E-state index contributed by atoms with van der Waals surface area (Å²) in [5.41, 5.74) is 0. The topological polar surface area (TPSA) is 96.0 Å². The summed E-state index contributed by atoms with van der Waals surface area (Å²) >= 11 is 0. The molecule has 7 nitrogen and oxygen atoms in total. The van der Waals surface area contributed by atoms with Crippen LogP contribution < -0.4 is 0 Å². The molecule has 0 atom stereocenters. The van der Waals surface area contributed by atoms with Gasteiger partial charge in [0.2, 0.25) is 5.41 Å². The van der Waals surface area contributed by atoms with Crippen LogP contribution in [0, 0.1) is 0 Å². The lowest BCUT2D eigenvalue weighted by molar-refractivity contribution is -0.151. The van der Waals surface area contributed by atoms with Crippen LogP contribution in [-0.4, -0.2) is 32.1 Å². The third-order valence-corrected chi connectivity index (χ3v) is 3.80. The summed E-state index contributed by atoms with van der Waals surface area (Å²) in [6.07, 6.45) is 0. The van der Waals surface area contributed by atoms with Crippen LogP contribution in [0.1, 0.15) is 27.7 Å². The maximum absolute atomic E-state index is 11.3. The van der Waals surface area contributed by atoms with E-state index in [0.717, 1.165) is 27.7 Å². The van der Waals surface area contributed by atoms with E-state index in [9.17, 15) is 19.2 Å². The molecule has 0 aromatic heterocycles. The fraction of sp³-hybridized carbons (Fsp3) is 0.500. The lowest BCUT2D eigenvalue weighted by Crippen LogP contribution is -2.55. The van der Waals surface area contributed by atoms with Gasteiger partial charge in [-0.3, -0.25) is 19.2 Å². The average molecular weight is 248 g/mol. The molecule has 0 heterocycles. The van der Waals surface area contributed by atoms with Gasteiger partial charge in [-0.25, -0.2) is 0 Å². The summed E-state index contributed by atoms with van der Waals surface area (Å²) in [5.74, 6) is -2.61. The van der Waals surface area contributed by atoms with Gasteiger partial charge in [0, 0.05) is 27.7 Å². The Labute approximate surface area is 93.0 Å². The molecule has 16 heavy (non-hydrogen) atoms. The van der Waals surface area contributed by atoms with Gasteiger partial charge >= 0.3 is 8.80 Å². The molecule has 0 aliphatic carbocycles. The van der Waals surface area contributed by atoms with Gasteiger partial charge in [0.05, 0.1) is 0 Å². The van der Waals surface area contributed by atoms with Crippen molar-refractivity contribution >= 4 is 32.1 Å². The zero-order valence-electron chi connectivity index (χ0n) is 9.36. The smallest absolute Gasteiger partial charge is 0.450 e. The molecule has 0 amide bonds. The zero-order valence-corrected chi connectivity index (χ0v) is 10.4. The quantitative estimate of drug-likeness (QED) is 0.632. The van der Waals surface area contributed by atoms with Crippen molar-refractivity contribution in [2.24, 2.45) is 0 Å². The Bertz CT molecular complexity index is 294. The fourth-order valence-corrected chi connectivity index (χ4v) is 2.54. The molecule has 0 saturated carbocycles. The number of carbonyl (C=O) groups excluding carboxylic acids is 4. The highest BCUT2D eigenvalue weighted by atomic mass is 28.4. The highest BCUT2D eigenvalue weighted by Crippen LogP contribution is 2.12. The predicted molar refractivity (Wildman–Crippen MR) is 51.7 cm³/mol. The summed E-state index contributed by atoms with van der Waals surface area (Å²) < 4.78 is 13.8. The summed E-state index contributed by atoms with van der Waals surface area (Å²) in [4.78, 5) is 43.7. The first kappa shape index (κ1) is 14.3. The molecule has 0 saturated heterocycles. The molecule has 0 radical (unpaired) electrons. The van der Waals surface area contributed by atoms with E-state index in [1.54, 1.807) is 0 Å². The van der Waals surface area contributed by atoms with Crippen LogP contribution in [-0.2, 0) is 32.5 Å². The molecule has 0 fully saturated rings. The van der Waals surface area contributed by atoms with Gasteiger partial charge in [0.1, 0.15) is 0 Å². The highest BCUT2D eigenvalue weighted by molar-refractivity contribution is 6.94. The lowest BCUT2D eigenvalue weighted by atomic mass is 10.8. The van der Waals surface area contributed by atoms with Crippen molar-refractivity contribution in [2.75, 3.05) is 0 Å². The molecule has 0 aliphatic heterocycles. The zero-order chi connectivity index (χ0) is 12.9. The lowest BCUT2D eigenvalue weighted by Gasteiger charge is -2.23. The second-order valence-corrected chi connectivity index (χ2v) is 5.32. The second-order valence-electron chi connectivity index (χ2n) is 2.89. The average Bonchev–Trinajstić information content (AvgIpc) is 1.98. The predicted octanol–water partition coefficient (Wildman–Crippen LogP) is -0.257. The van der Waals surface area contributed by atoms with Crippen LogP contribution in [0.15, 0.2) is 0 Å². The van der Waals surface area contributed by atoms with E-state index in [0.29, 0.717) is 0 Å². The minimum atomic E-state index is -4.25. The molecular weight excluding hydrogens is 236 g/mol. The van der Waals surface area contributed by atoms with E-state index in [2.05, 4.69) is 13.3 Å². The highest BCUT2D eigenvalue weighted by Gasteiger charge is 2.58. The normalized spacial score (nSPS) is 10.2.